The monoisotopic (exact) mass is 174 g/mol. The lowest BCUT2D eigenvalue weighted by Crippen LogP contribution is -2.28. The minimum Gasteiger partial charge on any atom is -0.431 e. The highest BCUT2D eigenvalue weighted by Crippen LogP contribution is 2.78. The van der Waals surface area contributed by atoms with Crippen molar-refractivity contribution >= 4 is 5.97 Å². The zero-order chi connectivity index (χ0) is 8.79. The van der Waals surface area contributed by atoms with E-state index in [-0.39, 0.29) is 11.9 Å². The third-order valence-corrected chi connectivity index (χ3v) is 4.42. The molecule has 0 aromatic heterocycles. The van der Waals surface area contributed by atoms with Gasteiger partial charge in [0.2, 0.25) is 0 Å². The van der Waals surface area contributed by atoms with E-state index >= 15 is 0 Å². The lowest BCUT2D eigenvalue weighted by atomic mass is 9.74. The summed E-state index contributed by atoms with van der Waals surface area (Å²) in [6.45, 7) is 3.85. The summed E-state index contributed by atoms with van der Waals surface area (Å²) in [5.41, 5.74) is 0.414. The molecule has 2 nitrogen and oxygen atoms in total. The Morgan fingerprint density at radius 2 is 2.38 bits per heavy atom. The van der Waals surface area contributed by atoms with Gasteiger partial charge in [-0.3, -0.25) is 4.79 Å². The van der Waals surface area contributed by atoms with Crippen LogP contribution >= 0.6 is 0 Å². The fraction of sp³-hybridized carbons (Fsp3) is 0.545. The molecule has 0 aromatic carbocycles. The maximum Gasteiger partial charge on any atom is 0.315 e. The highest BCUT2D eigenvalue weighted by atomic mass is 16.5. The molecule has 3 fully saturated rings. The zero-order valence-corrected chi connectivity index (χ0v) is 7.19. The summed E-state index contributed by atoms with van der Waals surface area (Å²) < 4.78 is 5.11. The van der Waals surface area contributed by atoms with Gasteiger partial charge in [0.15, 0.2) is 0 Å². The van der Waals surface area contributed by atoms with Crippen LogP contribution in [0.25, 0.3) is 0 Å². The SMILES string of the molecule is C=C1OC(=O)[C@@H]2C3C=CC34CC4[C@H]12. The molecule has 3 unspecified atom stereocenters. The van der Waals surface area contributed by atoms with Crippen molar-refractivity contribution in [1.29, 1.82) is 0 Å². The molecule has 1 spiro atoms. The van der Waals surface area contributed by atoms with Crippen molar-refractivity contribution < 1.29 is 9.53 Å². The maximum absolute atomic E-state index is 11.5. The molecular formula is C11H10O2. The Balaban J connectivity index is 1.88. The first kappa shape index (κ1) is 6.41. The van der Waals surface area contributed by atoms with Crippen molar-refractivity contribution in [2.75, 3.05) is 0 Å². The molecule has 1 aliphatic heterocycles. The fourth-order valence-electron chi connectivity index (χ4n) is 3.72. The summed E-state index contributed by atoms with van der Waals surface area (Å²) in [5.74, 6) is 2.31. The van der Waals surface area contributed by atoms with Gasteiger partial charge in [0.05, 0.1) is 5.92 Å². The summed E-state index contributed by atoms with van der Waals surface area (Å²) >= 11 is 0. The third kappa shape index (κ3) is 0.454. The van der Waals surface area contributed by atoms with E-state index in [4.69, 9.17) is 4.74 Å². The van der Waals surface area contributed by atoms with Gasteiger partial charge in [-0.15, -0.1) is 0 Å². The molecule has 66 valence electrons. The minimum atomic E-state index is -0.0316. The van der Waals surface area contributed by atoms with Crippen molar-refractivity contribution in [3.8, 4) is 0 Å². The van der Waals surface area contributed by atoms with E-state index in [0.29, 0.717) is 23.2 Å². The molecule has 0 amide bonds. The number of cyclic esters (lactones) is 1. The number of esters is 1. The first-order chi connectivity index (χ1) is 6.24. The van der Waals surface area contributed by atoms with Crippen LogP contribution < -0.4 is 0 Å². The third-order valence-electron chi connectivity index (χ3n) is 4.42. The molecule has 2 saturated carbocycles. The lowest BCUT2D eigenvalue weighted by Gasteiger charge is -2.28. The van der Waals surface area contributed by atoms with Crippen molar-refractivity contribution in [2.24, 2.45) is 29.1 Å². The summed E-state index contributed by atoms with van der Waals surface area (Å²) in [4.78, 5) is 11.5. The van der Waals surface area contributed by atoms with E-state index in [0.717, 1.165) is 5.76 Å². The van der Waals surface area contributed by atoms with Crippen molar-refractivity contribution in [1.82, 2.24) is 0 Å². The van der Waals surface area contributed by atoms with Crippen LogP contribution in [0.3, 0.4) is 0 Å². The van der Waals surface area contributed by atoms with Crippen LogP contribution in [0.15, 0.2) is 24.5 Å². The molecule has 0 bridgehead atoms. The van der Waals surface area contributed by atoms with Gasteiger partial charge in [-0.2, -0.15) is 0 Å². The number of carbonyl (C=O) groups excluding carboxylic acids is 1. The van der Waals surface area contributed by atoms with Gasteiger partial charge in [-0.05, 0) is 17.8 Å². The van der Waals surface area contributed by atoms with Gasteiger partial charge in [-0.1, -0.05) is 18.7 Å². The second kappa shape index (κ2) is 1.49. The van der Waals surface area contributed by atoms with E-state index in [1.165, 1.54) is 6.42 Å². The molecule has 1 saturated heterocycles. The van der Waals surface area contributed by atoms with E-state index < -0.39 is 0 Å². The van der Waals surface area contributed by atoms with Crippen LogP contribution in [0.1, 0.15) is 6.42 Å². The van der Waals surface area contributed by atoms with E-state index in [1.807, 2.05) is 0 Å². The molecule has 5 atom stereocenters. The van der Waals surface area contributed by atoms with Crippen molar-refractivity contribution in [2.45, 2.75) is 6.42 Å². The molecule has 0 N–H and O–H groups in total. The number of hydrogen-bond donors (Lipinski definition) is 0. The van der Waals surface area contributed by atoms with Crippen molar-refractivity contribution in [3.05, 3.63) is 24.5 Å². The Labute approximate surface area is 76.3 Å². The van der Waals surface area contributed by atoms with Crippen LogP contribution in [0.2, 0.25) is 0 Å². The van der Waals surface area contributed by atoms with Crippen LogP contribution in [-0.4, -0.2) is 5.97 Å². The normalized spacial score (nSPS) is 59.4. The van der Waals surface area contributed by atoms with Gasteiger partial charge in [0.1, 0.15) is 5.76 Å². The number of fused-ring (bicyclic) bond motifs is 3. The van der Waals surface area contributed by atoms with Crippen LogP contribution in [0.4, 0.5) is 0 Å². The summed E-state index contributed by atoms with van der Waals surface area (Å²) in [7, 11) is 0. The fourth-order valence-corrected chi connectivity index (χ4v) is 3.72. The first-order valence-electron chi connectivity index (χ1n) is 4.84. The lowest BCUT2D eigenvalue weighted by molar-refractivity contribution is -0.140. The average Bonchev–Trinajstić information content (AvgIpc) is 2.68. The van der Waals surface area contributed by atoms with Gasteiger partial charge in [0.25, 0.3) is 0 Å². The second-order valence-corrected chi connectivity index (χ2v) is 4.75. The second-order valence-electron chi connectivity index (χ2n) is 4.75. The maximum atomic E-state index is 11.5. The first-order valence-corrected chi connectivity index (χ1v) is 4.84. The Hall–Kier alpha value is -1.05. The Kier molecular flexibility index (Phi) is 0.736. The van der Waals surface area contributed by atoms with Gasteiger partial charge < -0.3 is 4.74 Å². The predicted molar refractivity (Wildman–Crippen MR) is 45.4 cm³/mol. The van der Waals surface area contributed by atoms with Crippen LogP contribution in [0, 0.1) is 29.1 Å². The summed E-state index contributed by atoms with van der Waals surface area (Å²) in [5, 5.41) is 0. The zero-order valence-electron chi connectivity index (χ0n) is 7.19. The topological polar surface area (TPSA) is 26.3 Å². The smallest absolute Gasteiger partial charge is 0.315 e. The number of carbonyl (C=O) groups is 1. The number of rotatable bonds is 0. The molecule has 13 heavy (non-hydrogen) atoms. The minimum absolute atomic E-state index is 0.0316. The molecule has 4 rings (SSSR count). The molecular weight excluding hydrogens is 164 g/mol. The largest absolute Gasteiger partial charge is 0.431 e. The number of ether oxygens (including phenoxy) is 1. The molecule has 4 aliphatic rings. The van der Waals surface area contributed by atoms with E-state index in [1.54, 1.807) is 0 Å². The molecule has 0 aromatic rings. The predicted octanol–water partition coefficient (Wildman–Crippen LogP) is 1.50. The quantitative estimate of drug-likeness (QED) is 0.411. The molecule has 3 aliphatic carbocycles. The average molecular weight is 174 g/mol. The Morgan fingerprint density at radius 3 is 3.08 bits per heavy atom. The van der Waals surface area contributed by atoms with Gasteiger partial charge in [-0.25, -0.2) is 0 Å². The van der Waals surface area contributed by atoms with Gasteiger partial charge in [0, 0.05) is 11.8 Å². The Bertz CT molecular complexity index is 382. The highest BCUT2D eigenvalue weighted by molar-refractivity contribution is 5.80. The molecule has 2 heteroatoms. The standard InChI is InChI=1S/C11H10O2/c1-5-8-7-4-11(7)3-2-6(11)9(8)10(12)13-5/h2-3,6-9H,1,4H2/t6?,7?,8-,9+,11?/m0/s1. The van der Waals surface area contributed by atoms with E-state index in [9.17, 15) is 4.79 Å². The number of allylic oxidation sites excluding steroid dienone is 3. The Morgan fingerprint density at radius 1 is 1.54 bits per heavy atom. The van der Waals surface area contributed by atoms with Crippen LogP contribution in [-0.2, 0) is 9.53 Å². The molecule has 1 heterocycles. The number of hydrogen-bond acceptors (Lipinski definition) is 2. The molecule has 0 radical (unpaired) electrons. The van der Waals surface area contributed by atoms with E-state index in [2.05, 4.69) is 18.7 Å². The summed E-state index contributed by atoms with van der Waals surface area (Å²) in [6.07, 6.45) is 5.73. The van der Waals surface area contributed by atoms with Gasteiger partial charge >= 0.3 is 5.97 Å². The van der Waals surface area contributed by atoms with Crippen LogP contribution in [0.5, 0.6) is 0 Å². The summed E-state index contributed by atoms with van der Waals surface area (Å²) in [6, 6.07) is 0. The highest BCUT2D eigenvalue weighted by Gasteiger charge is 2.76. The van der Waals surface area contributed by atoms with Crippen molar-refractivity contribution in [3.63, 3.8) is 0 Å².